The van der Waals surface area contributed by atoms with Gasteiger partial charge in [0, 0.05) is 17.7 Å². The maximum Gasteiger partial charge on any atom is 0.255 e. The monoisotopic (exact) mass is 393 g/mol. The zero-order valence-corrected chi connectivity index (χ0v) is 17.9. The second kappa shape index (κ2) is 7.54. The van der Waals surface area contributed by atoms with Crippen LogP contribution >= 0.6 is 0 Å². The summed E-state index contributed by atoms with van der Waals surface area (Å²) < 4.78 is 17.8. The molecule has 0 bridgehead atoms. The first-order chi connectivity index (χ1) is 12.6. The van der Waals surface area contributed by atoms with Gasteiger partial charge in [0.15, 0.2) is 20.7 Å². The molecule has 3 rings (SSSR count). The molecule has 150 valence electrons. The number of carbonyl (C=O) groups excluding carboxylic acids is 1. The van der Waals surface area contributed by atoms with Gasteiger partial charge in [-0.1, -0.05) is 20.8 Å². The zero-order valence-electron chi connectivity index (χ0n) is 16.9. The number of anilines is 1. The van der Waals surface area contributed by atoms with Crippen molar-refractivity contribution in [1.29, 1.82) is 0 Å². The van der Waals surface area contributed by atoms with Crippen molar-refractivity contribution in [3.63, 3.8) is 0 Å². The Morgan fingerprint density at radius 3 is 2.63 bits per heavy atom. The van der Waals surface area contributed by atoms with E-state index in [4.69, 9.17) is 13.9 Å². The molecule has 0 spiro atoms. The number of fused-ring (bicyclic) bond motifs is 1. The third-order valence-electron chi connectivity index (χ3n) is 5.78. The first-order valence-electron chi connectivity index (χ1n) is 9.67. The van der Waals surface area contributed by atoms with E-state index in [0.717, 1.165) is 19.3 Å². The highest BCUT2D eigenvalue weighted by molar-refractivity contribution is 6.74. The fourth-order valence-electron chi connectivity index (χ4n) is 3.05. The molecule has 2 N–H and O–H groups in total. The minimum atomic E-state index is -2.22. The number of hydrogen-bond donors (Lipinski definition) is 2. The van der Waals surface area contributed by atoms with Crippen molar-refractivity contribution in [2.45, 2.75) is 76.7 Å². The topological polar surface area (TPSA) is 77.0 Å². The largest absolute Gasteiger partial charge is 0.465 e. The van der Waals surface area contributed by atoms with E-state index in [1.165, 1.54) is 0 Å². The summed E-state index contributed by atoms with van der Waals surface area (Å²) in [6.07, 6.45) is 0.788. The summed E-state index contributed by atoms with van der Waals surface area (Å²) in [5.74, 6) is 0.325. The maximum atomic E-state index is 12.5. The molecule has 1 unspecified atom stereocenters. The molecular weight excluding hydrogens is 362 g/mol. The van der Waals surface area contributed by atoms with E-state index in [2.05, 4.69) is 39.2 Å². The lowest BCUT2D eigenvalue weighted by Gasteiger charge is -2.41. The van der Waals surface area contributed by atoms with Crippen LogP contribution in [0.3, 0.4) is 0 Å². The lowest BCUT2D eigenvalue weighted by Crippen LogP contribution is -2.50. The number of amides is 1. The smallest absolute Gasteiger partial charge is 0.255 e. The Kier molecular flexibility index (Phi) is 5.68. The lowest BCUT2D eigenvalue weighted by atomic mass is 9.97. The average molecular weight is 394 g/mol. The van der Waals surface area contributed by atoms with Crippen LogP contribution in [0.1, 0.15) is 51.7 Å². The molecular formula is C20H31NO5Si. The van der Waals surface area contributed by atoms with Gasteiger partial charge in [0.1, 0.15) is 11.9 Å². The average Bonchev–Trinajstić information content (AvgIpc) is 2.59. The Balaban J connectivity index is 1.80. The fourth-order valence-corrected chi connectivity index (χ4v) is 4.28. The van der Waals surface area contributed by atoms with E-state index in [1.54, 1.807) is 18.2 Å². The third kappa shape index (κ3) is 4.37. The molecule has 0 aliphatic carbocycles. The van der Waals surface area contributed by atoms with E-state index < -0.39 is 20.5 Å². The first-order valence-corrected chi connectivity index (χ1v) is 12.6. The Bertz CT molecular complexity index is 694. The summed E-state index contributed by atoms with van der Waals surface area (Å²) in [7, 11) is -2.22. The van der Waals surface area contributed by atoms with Crippen LogP contribution in [0.15, 0.2) is 18.2 Å². The highest BCUT2D eigenvalue weighted by Crippen LogP contribution is 2.41. The Labute approximate surface area is 162 Å². The molecule has 2 aliphatic heterocycles. The maximum absolute atomic E-state index is 12.5. The van der Waals surface area contributed by atoms with Crippen molar-refractivity contribution in [2.24, 2.45) is 0 Å². The van der Waals surface area contributed by atoms with Gasteiger partial charge in [0.25, 0.3) is 5.91 Å². The van der Waals surface area contributed by atoms with Crippen molar-refractivity contribution in [3.8, 4) is 5.75 Å². The van der Waals surface area contributed by atoms with Gasteiger partial charge in [0.2, 0.25) is 0 Å². The summed E-state index contributed by atoms with van der Waals surface area (Å²) in [4.78, 5) is 12.5. The van der Waals surface area contributed by atoms with Crippen molar-refractivity contribution in [1.82, 2.24) is 0 Å². The molecule has 2 heterocycles. The third-order valence-corrected chi connectivity index (χ3v) is 10.2. The van der Waals surface area contributed by atoms with E-state index in [0.29, 0.717) is 23.6 Å². The van der Waals surface area contributed by atoms with Gasteiger partial charge in [-0.05, 0) is 49.2 Å². The number of nitrogens with one attached hydrogen (secondary N) is 1. The van der Waals surface area contributed by atoms with E-state index in [9.17, 15) is 9.90 Å². The minimum Gasteiger partial charge on any atom is -0.465 e. The molecule has 0 aromatic heterocycles. The number of carbonyl (C=O) groups is 1. The van der Waals surface area contributed by atoms with E-state index in [-0.39, 0.29) is 17.2 Å². The zero-order chi connectivity index (χ0) is 19.8. The van der Waals surface area contributed by atoms with Crippen LogP contribution < -0.4 is 10.1 Å². The van der Waals surface area contributed by atoms with E-state index >= 15 is 0 Å². The molecule has 0 radical (unpaired) electrons. The molecule has 1 aromatic rings. The first kappa shape index (κ1) is 20.3. The highest BCUT2D eigenvalue weighted by Gasteiger charge is 2.45. The molecule has 1 aromatic carbocycles. The number of benzene rings is 1. The molecule has 1 amide bonds. The van der Waals surface area contributed by atoms with Gasteiger partial charge >= 0.3 is 0 Å². The molecule has 27 heavy (non-hydrogen) atoms. The molecule has 2 aliphatic rings. The van der Waals surface area contributed by atoms with Crippen LogP contribution in [0.4, 0.5) is 5.69 Å². The number of rotatable bonds is 4. The number of hydrogen-bond acceptors (Lipinski definition) is 5. The van der Waals surface area contributed by atoms with Crippen LogP contribution in [0.2, 0.25) is 18.1 Å². The van der Waals surface area contributed by atoms with Gasteiger partial charge in [-0.3, -0.25) is 4.79 Å². The van der Waals surface area contributed by atoms with Gasteiger partial charge in [-0.25, -0.2) is 0 Å². The Morgan fingerprint density at radius 1 is 1.26 bits per heavy atom. The highest BCUT2D eigenvalue weighted by atomic mass is 28.4. The molecule has 0 saturated carbocycles. The van der Waals surface area contributed by atoms with Crippen molar-refractivity contribution < 1.29 is 23.8 Å². The second-order valence-electron chi connectivity index (χ2n) is 8.90. The van der Waals surface area contributed by atoms with Crippen molar-refractivity contribution in [2.75, 3.05) is 11.9 Å². The number of aliphatic hydroxyl groups excluding tert-OH is 1. The summed E-state index contributed by atoms with van der Waals surface area (Å²) in [5.41, 5.74) is 1.21. The fraction of sp³-hybridized carbons (Fsp3) is 0.650. The minimum absolute atomic E-state index is 0.0590. The molecule has 7 heteroatoms. The van der Waals surface area contributed by atoms with Crippen LogP contribution in [0.5, 0.6) is 5.75 Å². The standard InChI is InChI=1S/C20H31NO5Si/c1-20(2,3)27(4,5)26-18-17(22)14-12-13(9-10-15(14)21-19(18)23)25-16-8-6-7-11-24-16/h9-10,12,16-18,22H,6-8,11H2,1-5H3,(H,21,23)/t16?,17-,18+/m0/s1. The quantitative estimate of drug-likeness (QED) is 0.757. The van der Waals surface area contributed by atoms with Crippen LogP contribution in [-0.2, 0) is 14.0 Å². The summed E-state index contributed by atoms with van der Waals surface area (Å²) in [5, 5.41) is 13.7. The molecule has 3 atom stereocenters. The predicted molar refractivity (Wildman–Crippen MR) is 106 cm³/mol. The van der Waals surface area contributed by atoms with Crippen molar-refractivity contribution in [3.05, 3.63) is 23.8 Å². The van der Waals surface area contributed by atoms with Gasteiger partial charge in [-0.15, -0.1) is 0 Å². The normalized spacial score (nSPS) is 26.3. The van der Waals surface area contributed by atoms with Crippen LogP contribution in [0, 0.1) is 0 Å². The lowest BCUT2D eigenvalue weighted by molar-refractivity contribution is -0.129. The van der Waals surface area contributed by atoms with Gasteiger partial charge in [0.05, 0.1) is 6.61 Å². The van der Waals surface area contributed by atoms with Crippen LogP contribution in [0.25, 0.3) is 0 Å². The summed E-state index contributed by atoms with van der Waals surface area (Å²) in [6, 6.07) is 5.33. The predicted octanol–water partition coefficient (Wildman–Crippen LogP) is 3.97. The molecule has 1 saturated heterocycles. The van der Waals surface area contributed by atoms with E-state index in [1.807, 2.05) is 0 Å². The van der Waals surface area contributed by atoms with Crippen molar-refractivity contribution >= 4 is 19.9 Å². The summed E-state index contributed by atoms with van der Waals surface area (Å²) >= 11 is 0. The number of ether oxygens (including phenoxy) is 2. The number of aliphatic hydroxyl groups is 1. The SMILES string of the molecule is CC(C)(C)[Si](C)(C)O[C@H]1C(=O)Nc2ccc(OC3CCCCO3)cc2[C@@H]1O. The summed E-state index contributed by atoms with van der Waals surface area (Å²) in [6.45, 7) is 11.2. The second-order valence-corrected chi connectivity index (χ2v) is 13.7. The Morgan fingerprint density at radius 2 is 2.00 bits per heavy atom. The molecule has 1 fully saturated rings. The molecule has 6 nitrogen and oxygen atoms in total. The Hall–Kier alpha value is -1.41. The van der Waals surface area contributed by atoms with Gasteiger partial charge in [-0.2, -0.15) is 0 Å². The van der Waals surface area contributed by atoms with Crippen LogP contribution in [-0.4, -0.2) is 38.3 Å². The van der Waals surface area contributed by atoms with Gasteiger partial charge < -0.3 is 24.3 Å².